The van der Waals surface area contributed by atoms with E-state index in [-0.39, 0.29) is 24.6 Å². The number of benzene rings is 2. The van der Waals surface area contributed by atoms with Crippen molar-refractivity contribution in [2.75, 3.05) is 6.54 Å². The summed E-state index contributed by atoms with van der Waals surface area (Å²) in [5.74, 6) is -0.364. The molecule has 0 saturated heterocycles. The van der Waals surface area contributed by atoms with Gasteiger partial charge in [0.1, 0.15) is 6.54 Å². The molecule has 0 radical (unpaired) electrons. The van der Waals surface area contributed by atoms with Crippen LogP contribution in [-0.2, 0) is 17.8 Å². The molecule has 3 rings (SSSR count). The molecule has 1 atom stereocenters. The number of carbonyl (C=O) groups excluding carboxylic acids is 1. The van der Waals surface area contributed by atoms with Crippen LogP contribution in [0.2, 0.25) is 0 Å². The Morgan fingerprint density at radius 2 is 1.84 bits per heavy atom. The summed E-state index contributed by atoms with van der Waals surface area (Å²) >= 11 is 0. The summed E-state index contributed by atoms with van der Waals surface area (Å²) in [5, 5.41) is 17.9. The summed E-state index contributed by atoms with van der Waals surface area (Å²) in [7, 11) is 0. The Labute approximate surface area is 144 Å². The van der Waals surface area contributed by atoms with Crippen LogP contribution in [0.3, 0.4) is 0 Å². The van der Waals surface area contributed by atoms with E-state index in [2.05, 4.69) is 10.4 Å². The van der Waals surface area contributed by atoms with Crippen molar-refractivity contribution in [2.45, 2.75) is 19.1 Å². The van der Waals surface area contributed by atoms with Crippen LogP contribution in [-0.4, -0.2) is 33.4 Å². The lowest BCUT2D eigenvalue weighted by atomic mass is 10.1. The molecular weight excluding hydrogens is 318 g/mol. The average Bonchev–Trinajstić information content (AvgIpc) is 2.63. The lowest BCUT2D eigenvalue weighted by Gasteiger charge is -2.12. The van der Waals surface area contributed by atoms with E-state index >= 15 is 0 Å². The van der Waals surface area contributed by atoms with Crippen LogP contribution in [0, 0.1) is 0 Å². The molecule has 2 N–H and O–H groups in total. The van der Waals surface area contributed by atoms with Gasteiger partial charge in [-0.3, -0.25) is 9.59 Å². The highest BCUT2D eigenvalue weighted by molar-refractivity contribution is 5.81. The summed E-state index contributed by atoms with van der Waals surface area (Å²) in [6.07, 6.45) is 1.33. The molecule has 2 aromatic carbocycles. The van der Waals surface area contributed by atoms with Gasteiger partial charge in [0.2, 0.25) is 5.91 Å². The molecule has 0 aliphatic rings. The number of nitrogens with one attached hydrogen (secondary N) is 1. The van der Waals surface area contributed by atoms with Crippen molar-refractivity contribution in [2.24, 2.45) is 0 Å². The minimum Gasteiger partial charge on any atom is -0.391 e. The number of aliphatic hydroxyl groups is 1. The Kier molecular flexibility index (Phi) is 5.20. The Bertz CT molecular complexity index is 922. The second-order valence-corrected chi connectivity index (χ2v) is 5.84. The zero-order valence-corrected chi connectivity index (χ0v) is 13.6. The van der Waals surface area contributed by atoms with Gasteiger partial charge in [-0.15, -0.1) is 0 Å². The molecule has 3 aromatic rings. The normalized spacial score (nSPS) is 12.0. The summed E-state index contributed by atoms with van der Waals surface area (Å²) in [5.41, 5.74) is 0.690. The molecule has 0 fully saturated rings. The van der Waals surface area contributed by atoms with Gasteiger partial charge in [0.15, 0.2) is 0 Å². The van der Waals surface area contributed by atoms with Crippen LogP contribution in [0.5, 0.6) is 0 Å². The average molecular weight is 337 g/mol. The lowest BCUT2D eigenvalue weighted by Crippen LogP contribution is -2.38. The number of aromatic nitrogens is 2. The van der Waals surface area contributed by atoms with Crippen LogP contribution >= 0.6 is 0 Å². The third-order valence-corrected chi connectivity index (χ3v) is 3.90. The molecule has 1 heterocycles. The van der Waals surface area contributed by atoms with Crippen molar-refractivity contribution < 1.29 is 9.90 Å². The predicted molar refractivity (Wildman–Crippen MR) is 95.2 cm³/mol. The maximum atomic E-state index is 12.3. The highest BCUT2D eigenvalue weighted by Crippen LogP contribution is 2.06. The van der Waals surface area contributed by atoms with Crippen molar-refractivity contribution in [1.82, 2.24) is 15.1 Å². The number of aliphatic hydroxyl groups excluding tert-OH is 1. The topological polar surface area (TPSA) is 84.2 Å². The molecule has 0 aliphatic carbocycles. The Balaban J connectivity index is 1.58. The van der Waals surface area contributed by atoms with Crippen LogP contribution in [0.15, 0.2) is 65.6 Å². The summed E-state index contributed by atoms with van der Waals surface area (Å²) in [6.45, 7) is -0.0578. The molecule has 6 nitrogen and oxygen atoms in total. The molecule has 128 valence electrons. The van der Waals surface area contributed by atoms with Crippen LogP contribution in [0.4, 0.5) is 0 Å². The monoisotopic (exact) mass is 337 g/mol. The number of fused-ring (bicyclic) bond motifs is 1. The van der Waals surface area contributed by atoms with Crippen molar-refractivity contribution >= 4 is 16.7 Å². The Morgan fingerprint density at radius 3 is 2.64 bits per heavy atom. The van der Waals surface area contributed by atoms with Gasteiger partial charge in [-0.1, -0.05) is 48.5 Å². The number of rotatable bonds is 6. The van der Waals surface area contributed by atoms with E-state index in [0.717, 1.165) is 15.6 Å². The first-order valence-corrected chi connectivity index (χ1v) is 8.07. The van der Waals surface area contributed by atoms with E-state index in [4.69, 9.17) is 0 Å². The van der Waals surface area contributed by atoms with E-state index in [0.29, 0.717) is 11.8 Å². The molecule has 0 aliphatic heterocycles. The van der Waals surface area contributed by atoms with Crippen LogP contribution in [0.1, 0.15) is 5.56 Å². The molecule has 1 amide bonds. The quantitative estimate of drug-likeness (QED) is 0.706. The molecule has 1 aromatic heterocycles. The summed E-state index contributed by atoms with van der Waals surface area (Å²) in [6, 6.07) is 16.7. The summed E-state index contributed by atoms with van der Waals surface area (Å²) < 4.78 is 1.13. The van der Waals surface area contributed by atoms with E-state index < -0.39 is 6.10 Å². The lowest BCUT2D eigenvalue weighted by molar-refractivity contribution is -0.122. The largest absolute Gasteiger partial charge is 0.391 e. The summed E-state index contributed by atoms with van der Waals surface area (Å²) in [4.78, 5) is 24.4. The SMILES string of the molecule is O=C(Cn1ncc2ccccc2c1=O)NCC(O)Cc1ccccc1. The van der Waals surface area contributed by atoms with Gasteiger partial charge < -0.3 is 10.4 Å². The van der Waals surface area contributed by atoms with E-state index in [9.17, 15) is 14.7 Å². The second kappa shape index (κ2) is 7.72. The van der Waals surface area contributed by atoms with Gasteiger partial charge in [0, 0.05) is 18.4 Å². The fourth-order valence-electron chi connectivity index (χ4n) is 2.62. The van der Waals surface area contributed by atoms with E-state index in [1.807, 2.05) is 36.4 Å². The molecule has 25 heavy (non-hydrogen) atoms. The maximum absolute atomic E-state index is 12.3. The third-order valence-electron chi connectivity index (χ3n) is 3.90. The fourth-order valence-corrected chi connectivity index (χ4v) is 2.62. The Morgan fingerprint density at radius 1 is 1.12 bits per heavy atom. The first-order chi connectivity index (χ1) is 12.1. The first kappa shape index (κ1) is 16.9. The van der Waals surface area contributed by atoms with Gasteiger partial charge in [-0.05, 0) is 11.6 Å². The molecular formula is C19H19N3O3. The molecule has 1 unspecified atom stereocenters. The van der Waals surface area contributed by atoms with Crippen molar-refractivity contribution in [3.63, 3.8) is 0 Å². The smallest absolute Gasteiger partial charge is 0.275 e. The minimum atomic E-state index is -0.687. The fraction of sp³-hybridized carbons (Fsp3) is 0.211. The van der Waals surface area contributed by atoms with Gasteiger partial charge >= 0.3 is 0 Å². The van der Waals surface area contributed by atoms with Crippen LogP contribution < -0.4 is 10.9 Å². The van der Waals surface area contributed by atoms with E-state index in [1.165, 1.54) is 0 Å². The molecule has 0 bridgehead atoms. The third kappa shape index (κ3) is 4.30. The number of hydrogen-bond donors (Lipinski definition) is 2. The van der Waals surface area contributed by atoms with Gasteiger partial charge in [-0.2, -0.15) is 5.10 Å². The molecule has 0 spiro atoms. The molecule has 0 saturated carbocycles. The second-order valence-electron chi connectivity index (χ2n) is 5.84. The zero-order chi connectivity index (χ0) is 17.6. The Hall–Kier alpha value is -2.99. The number of hydrogen-bond acceptors (Lipinski definition) is 4. The standard InChI is InChI=1S/C19H19N3O3/c23-16(10-14-6-2-1-3-7-14)12-20-18(24)13-22-19(25)17-9-5-4-8-15(17)11-21-22/h1-9,11,16,23H,10,12-13H2,(H,20,24). The van der Waals surface area contributed by atoms with Crippen molar-refractivity contribution in [1.29, 1.82) is 0 Å². The van der Waals surface area contributed by atoms with Gasteiger partial charge in [0.05, 0.1) is 17.7 Å². The van der Waals surface area contributed by atoms with Gasteiger partial charge in [0.25, 0.3) is 5.56 Å². The first-order valence-electron chi connectivity index (χ1n) is 8.07. The number of nitrogens with zero attached hydrogens (tertiary/aromatic N) is 2. The van der Waals surface area contributed by atoms with E-state index in [1.54, 1.807) is 24.4 Å². The highest BCUT2D eigenvalue weighted by atomic mass is 16.3. The number of amides is 1. The maximum Gasteiger partial charge on any atom is 0.275 e. The van der Waals surface area contributed by atoms with Crippen LogP contribution in [0.25, 0.3) is 10.8 Å². The van der Waals surface area contributed by atoms with Crippen molar-refractivity contribution in [3.05, 3.63) is 76.7 Å². The minimum absolute atomic E-state index is 0.121. The zero-order valence-electron chi connectivity index (χ0n) is 13.6. The molecule has 6 heteroatoms. The van der Waals surface area contributed by atoms with Crippen molar-refractivity contribution in [3.8, 4) is 0 Å². The highest BCUT2D eigenvalue weighted by Gasteiger charge is 2.11. The van der Waals surface area contributed by atoms with Gasteiger partial charge in [-0.25, -0.2) is 4.68 Å². The number of carbonyl (C=O) groups is 1. The predicted octanol–water partition coefficient (Wildman–Crippen LogP) is 1.12.